The number of ether oxygens (including phenoxy) is 2. The van der Waals surface area contributed by atoms with Crippen LogP contribution in [0.5, 0.6) is 0 Å². The number of carbonyl (C=O) groups is 3. The Morgan fingerprint density at radius 2 is 1.83 bits per heavy atom. The van der Waals surface area contributed by atoms with E-state index < -0.39 is 18.2 Å². The molecular weight excluding hydrogens is 238 g/mol. The molecule has 0 fully saturated rings. The molecule has 0 spiro atoms. The lowest BCUT2D eigenvalue weighted by Crippen LogP contribution is -2.35. The van der Waals surface area contributed by atoms with Gasteiger partial charge in [-0.15, -0.1) is 0 Å². The van der Waals surface area contributed by atoms with Crippen molar-refractivity contribution >= 4 is 17.8 Å². The minimum absolute atomic E-state index is 0. The van der Waals surface area contributed by atoms with Gasteiger partial charge in [-0.3, -0.25) is 9.59 Å². The number of rotatable bonds is 7. The molecule has 18 heavy (non-hydrogen) atoms. The summed E-state index contributed by atoms with van der Waals surface area (Å²) in [6, 6.07) is 0. The van der Waals surface area contributed by atoms with E-state index in [0.717, 1.165) is 0 Å². The van der Waals surface area contributed by atoms with E-state index in [4.69, 9.17) is 9.47 Å². The second-order valence-corrected chi connectivity index (χ2v) is 3.47. The Bertz CT molecular complexity index is 278. The van der Waals surface area contributed by atoms with Crippen molar-refractivity contribution in [2.24, 2.45) is 0 Å². The van der Waals surface area contributed by atoms with Crippen LogP contribution in [0.25, 0.3) is 0 Å². The van der Waals surface area contributed by atoms with Gasteiger partial charge >= 0.3 is 12.1 Å². The van der Waals surface area contributed by atoms with E-state index in [9.17, 15) is 14.4 Å². The number of alkyl carbamates (subject to hydrolysis) is 1. The summed E-state index contributed by atoms with van der Waals surface area (Å²) in [6.45, 7) is 5.02. The number of amides is 1. The molecule has 6 heteroatoms. The highest BCUT2D eigenvalue weighted by Crippen LogP contribution is 1.99. The van der Waals surface area contributed by atoms with Crippen LogP contribution in [0.1, 0.15) is 41.0 Å². The van der Waals surface area contributed by atoms with Crippen molar-refractivity contribution in [1.29, 1.82) is 0 Å². The molecule has 0 aliphatic heterocycles. The molecular formula is C12H23NO5. The summed E-state index contributed by atoms with van der Waals surface area (Å²) in [5, 5.41) is 2.39. The summed E-state index contributed by atoms with van der Waals surface area (Å²) in [5.74, 6) is -0.765. The second-order valence-electron chi connectivity index (χ2n) is 3.47. The molecule has 0 saturated carbocycles. The highest BCUT2D eigenvalue weighted by Gasteiger charge is 2.20. The quantitative estimate of drug-likeness (QED) is 0.705. The summed E-state index contributed by atoms with van der Waals surface area (Å²) in [6.07, 6.45) is -0.784. The summed E-state index contributed by atoms with van der Waals surface area (Å²) >= 11 is 0. The molecule has 0 heterocycles. The van der Waals surface area contributed by atoms with Gasteiger partial charge in [0.05, 0.1) is 0 Å². The molecule has 1 atom stereocenters. The van der Waals surface area contributed by atoms with Crippen LogP contribution in [0, 0.1) is 0 Å². The third-order valence-electron chi connectivity index (χ3n) is 1.87. The largest absolute Gasteiger partial charge is 0.461 e. The number of Topliss-reactive ketones (excluding diaryl/α,β-unsaturated/α-hetero) is 1. The predicted octanol–water partition coefficient (Wildman–Crippen LogP) is 1.67. The van der Waals surface area contributed by atoms with Crippen molar-refractivity contribution in [3.63, 3.8) is 0 Å². The maximum atomic E-state index is 11.2. The molecule has 6 nitrogen and oxygen atoms in total. The topological polar surface area (TPSA) is 81.7 Å². The van der Waals surface area contributed by atoms with Crippen molar-refractivity contribution < 1.29 is 23.9 Å². The number of ketones is 1. The Hall–Kier alpha value is -1.59. The van der Waals surface area contributed by atoms with Gasteiger partial charge in [0.2, 0.25) is 0 Å². The number of nitrogens with one attached hydrogen (secondary N) is 1. The first-order valence-electron chi connectivity index (χ1n) is 5.61. The fourth-order valence-corrected chi connectivity index (χ4v) is 0.994. The Balaban J connectivity index is 0. The predicted molar refractivity (Wildman–Crippen MR) is 67.2 cm³/mol. The molecule has 0 radical (unpaired) electrons. The van der Waals surface area contributed by atoms with Crippen LogP contribution in [0.2, 0.25) is 0 Å². The fraction of sp³-hybridized carbons (Fsp3) is 0.750. The van der Waals surface area contributed by atoms with E-state index >= 15 is 0 Å². The van der Waals surface area contributed by atoms with Crippen LogP contribution in [-0.2, 0) is 19.1 Å². The van der Waals surface area contributed by atoms with Crippen molar-refractivity contribution in [3.05, 3.63) is 0 Å². The Morgan fingerprint density at radius 3 is 2.28 bits per heavy atom. The van der Waals surface area contributed by atoms with E-state index in [2.05, 4.69) is 5.32 Å². The third kappa shape index (κ3) is 8.55. The van der Waals surface area contributed by atoms with Crippen molar-refractivity contribution in [1.82, 2.24) is 5.32 Å². The zero-order valence-corrected chi connectivity index (χ0v) is 10.4. The van der Waals surface area contributed by atoms with Crippen molar-refractivity contribution in [2.45, 2.75) is 47.1 Å². The van der Waals surface area contributed by atoms with Gasteiger partial charge in [0, 0.05) is 13.0 Å². The van der Waals surface area contributed by atoms with Gasteiger partial charge in [-0.1, -0.05) is 14.4 Å². The summed E-state index contributed by atoms with van der Waals surface area (Å²) in [5.41, 5.74) is 0. The Kier molecular flexibility index (Phi) is 11.0. The maximum absolute atomic E-state index is 11.2. The standard InChI is InChI=1S/C11H19NO5.CH4/c1-4-6-10(14)16-7-9(8(3)13)17-11(15)12-5-2;/h9H,4-7H2,1-3H3,(H,12,15);1H4. The van der Waals surface area contributed by atoms with Gasteiger partial charge in [-0.25, -0.2) is 4.79 Å². The summed E-state index contributed by atoms with van der Waals surface area (Å²) < 4.78 is 9.62. The zero-order chi connectivity index (χ0) is 13.3. The van der Waals surface area contributed by atoms with E-state index in [0.29, 0.717) is 13.0 Å². The summed E-state index contributed by atoms with van der Waals surface area (Å²) in [7, 11) is 0. The average molecular weight is 261 g/mol. The van der Waals surface area contributed by atoms with Crippen LogP contribution >= 0.6 is 0 Å². The number of esters is 1. The van der Waals surface area contributed by atoms with Gasteiger partial charge in [0.1, 0.15) is 6.61 Å². The number of carbonyl (C=O) groups excluding carboxylic acids is 3. The third-order valence-corrected chi connectivity index (χ3v) is 1.87. The first-order valence-corrected chi connectivity index (χ1v) is 5.61. The van der Waals surface area contributed by atoms with Crippen LogP contribution in [0.4, 0.5) is 4.79 Å². The van der Waals surface area contributed by atoms with Gasteiger partial charge in [0.25, 0.3) is 0 Å². The molecule has 106 valence electrons. The van der Waals surface area contributed by atoms with Crippen LogP contribution in [0.3, 0.4) is 0 Å². The SMILES string of the molecule is C.CCCC(=O)OCC(OC(=O)NCC)C(C)=O. The average Bonchev–Trinajstić information content (AvgIpc) is 2.24. The minimum atomic E-state index is -1.04. The van der Waals surface area contributed by atoms with Gasteiger partial charge in [-0.2, -0.15) is 0 Å². The molecule has 0 bridgehead atoms. The lowest BCUT2D eigenvalue weighted by molar-refractivity contribution is -0.148. The monoisotopic (exact) mass is 261 g/mol. The fourth-order valence-electron chi connectivity index (χ4n) is 0.994. The lowest BCUT2D eigenvalue weighted by atomic mass is 10.2. The van der Waals surface area contributed by atoms with Crippen molar-refractivity contribution in [2.75, 3.05) is 13.2 Å². The maximum Gasteiger partial charge on any atom is 0.407 e. The molecule has 0 aromatic rings. The molecule has 1 N–H and O–H groups in total. The van der Waals surface area contributed by atoms with E-state index in [1.165, 1.54) is 6.92 Å². The number of hydrogen-bond donors (Lipinski definition) is 1. The Labute approximate surface area is 108 Å². The molecule has 0 aromatic heterocycles. The molecule has 0 saturated heterocycles. The van der Waals surface area contributed by atoms with Crippen molar-refractivity contribution in [3.8, 4) is 0 Å². The molecule has 0 aliphatic carbocycles. The lowest BCUT2D eigenvalue weighted by Gasteiger charge is -2.15. The molecule has 0 aliphatic rings. The van der Waals surface area contributed by atoms with Gasteiger partial charge in [-0.05, 0) is 20.3 Å². The number of hydrogen-bond acceptors (Lipinski definition) is 5. The molecule has 1 amide bonds. The molecule has 0 rings (SSSR count). The normalized spacial score (nSPS) is 10.8. The zero-order valence-electron chi connectivity index (χ0n) is 10.4. The Morgan fingerprint density at radius 1 is 1.22 bits per heavy atom. The first-order chi connectivity index (χ1) is 8.01. The second kappa shape index (κ2) is 10.6. The molecule has 1 unspecified atom stereocenters. The summed E-state index contributed by atoms with van der Waals surface area (Å²) in [4.78, 5) is 33.4. The smallest absolute Gasteiger partial charge is 0.407 e. The van der Waals surface area contributed by atoms with Crippen LogP contribution in [-0.4, -0.2) is 37.1 Å². The van der Waals surface area contributed by atoms with Crippen LogP contribution in [0.15, 0.2) is 0 Å². The first kappa shape index (κ1) is 18.8. The highest BCUT2D eigenvalue weighted by molar-refractivity contribution is 5.83. The van der Waals surface area contributed by atoms with Gasteiger partial charge in [0.15, 0.2) is 11.9 Å². The molecule has 0 aromatic carbocycles. The van der Waals surface area contributed by atoms with E-state index in [1.54, 1.807) is 6.92 Å². The van der Waals surface area contributed by atoms with E-state index in [-0.39, 0.29) is 26.2 Å². The van der Waals surface area contributed by atoms with E-state index in [1.807, 2.05) is 6.92 Å². The van der Waals surface area contributed by atoms with Gasteiger partial charge < -0.3 is 14.8 Å². The highest BCUT2D eigenvalue weighted by atomic mass is 16.6. The minimum Gasteiger partial charge on any atom is -0.461 e. The van der Waals surface area contributed by atoms with Crippen LogP contribution < -0.4 is 5.32 Å².